The van der Waals surface area contributed by atoms with Gasteiger partial charge in [0.1, 0.15) is 0 Å². The number of anilines is 1. The SMILES string of the molecule is COCCNS(=O)(=O)c1ccccc1-c1ccc(N(C)CCOC)cc1. The minimum atomic E-state index is -3.61. The molecule has 26 heavy (non-hydrogen) atoms. The van der Waals surface area contributed by atoms with Crippen molar-refractivity contribution in [2.45, 2.75) is 4.90 Å². The summed E-state index contributed by atoms with van der Waals surface area (Å²) in [6.07, 6.45) is 0. The number of nitrogens with zero attached hydrogens (tertiary/aromatic N) is 1. The molecule has 0 aliphatic heterocycles. The molecule has 0 saturated carbocycles. The van der Waals surface area contributed by atoms with Crippen molar-refractivity contribution in [2.24, 2.45) is 0 Å². The highest BCUT2D eigenvalue weighted by Gasteiger charge is 2.18. The van der Waals surface area contributed by atoms with Crippen LogP contribution < -0.4 is 9.62 Å². The molecule has 2 rings (SSSR count). The molecule has 0 bridgehead atoms. The van der Waals surface area contributed by atoms with E-state index in [1.807, 2.05) is 43.4 Å². The van der Waals surface area contributed by atoms with E-state index in [1.165, 1.54) is 7.11 Å². The number of sulfonamides is 1. The van der Waals surface area contributed by atoms with Crippen LogP contribution in [0.5, 0.6) is 0 Å². The van der Waals surface area contributed by atoms with E-state index in [2.05, 4.69) is 9.62 Å². The second-order valence-electron chi connectivity index (χ2n) is 5.85. The highest BCUT2D eigenvalue weighted by molar-refractivity contribution is 7.89. The summed E-state index contributed by atoms with van der Waals surface area (Å²) in [7, 11) is 1.60. The first kappa shape index (κ1) is 20.4. The van der Waals surface area contributed by atoms with Gasteiger partial charge in [-0.1, -0.05) is 30.3 Å². The molecule has 0 aliphatic rings. The predicted octanol–water partition coefficient (Wildman–Crippen LogP) is 2.36. The number of rotatable bonds is 10. The standard InChI is InChI=1S/C19H26N2O4S/c1-21(13-15-25-3)17-10-8-16(9-11-17)18-6-4-5-7-19(18)26(22,23)20-12-14-24-2/h4-11,20H,12-15H2,1-3H3. The van der Waals surface area contributed by atoms with Gasteiger partial charge in [-0.2, -0.15) is 0 Å². The Labute approximate surface area is 155 Å². The fourth-order valence-electron chi connectivity index (χ4n) is 2.55. The van der Waals surface area contributed by atoms with E-state index in [9.17, 15) is 8.42 Å². The lowest BCUT2D eigenvalue weighted by Gasteiger charge is -2.19. The summed E-state index contributed by atoms with van der Waals surface area (Å²) in [6, 6.07) is 14.8. The lowest BCUT2D eigenvalue weighted by atomic mass is 10.1. The van der Waals surface area contributed by atoms with Crippen molar-refractivity contribution in [1.82, 2.24) is 4.72 Å². The van der Waals surface area contributed by atoms with E-state index < -0.39 is 10.0 Å². The van der Waals surface area contributed by atoms with Crippen LogP contribution in [0.25, 0.3) is 11.1 Å². The zero-order valence-electron chi connectivity index (χ0n) is 15.4. The van der Waals surface area contributed by atoms with Gasteiger partial charge in [0.05, 0.1) is 18.1 Å². The van der Waals surface area contributed by atoms with Crippen LogP contribution in [0.4, 0.5) is 5.69 Å². The smallest absolute Gasteiger partial charge is 0.241 e. The third-order valence-corrected chi connectivity index (χ3v) is 5.54. The van der Waals surface area contributed by atoms with Crippen LogP contribution in [-0.4, -0.2) is 56.0 Å². The van der Waals surface area contributed by atoms with Crippen molar-refractivity contribution in [2.75, 3.05) is 52.5 Å². The third-order valence-electron chi connectivity index (χ3n) is 4.02. The van der Waals surface area contributed by atoms with Gasteiger partial charge in [-0.3, -0.25) is 0 Å². The van der Waals surface area contributed by atoms with Gasteiger partial charge >= 0.3 is 0 Å². The number of likely N-dealkylation sites (N-methyl/N-ethyl adjacent to an activating group) is 1. The number of hydrogen-bond acceptors (Lipinski definition) is 5. The summed E-state index contributed by atoms with van der Waals surface area (Å²) in [5.41, 5.74) is 2.56. The van der Waals surface area contributed by atoms with E-state index in [4.69, 9.17) is 9.47 Å². The number of nitrogens with one attached hydrogen (secondary N) is 1. The van der Waals surface area contributed by atoms with Gasteiger partial charge in [-0.05, 0) is 23.8 Å². The maximum Gasteiger partial charge on any atom is 0.241 e. The molecule has 0 radical (unpaired) electrons. The predicted molar refractivity (Wildman–Crippen MR) is 104 cm³/mol. The summed E-state index contributed by atoms with van der Waals surface area (Å²) < 4.78 is 37.8. The molecule has 0 amide bonds. The Hall–Kier alpha value is -1.93. The molecule has 2 aromatic rings. The number of ether oxygens (including phenoxy) is 2. The van der Waals surface area contributed by atoms with Crippen LogP contribution in [0.15, 0.2) is 53.4 Å². The highest BCUT2D eigenvalue weighted by atomic mass is 32.2. The van der Waals surface area contributed by atoms with Gasteiger partial charge in [0.25, 0.3) is 0 Å². The van der Waals surface area contributed by atoms with Crippen molar-refractivity contribution >= 4 is 15.7 Å². The van der Waals surface area contributed by atoms with Crippen LogP contribution in [0, 0.1) is 0 Å². The Morgan fingerprint density at radius 1 is 0.962 bits per heavy atom. The van der Waals surface area contributed by atoms with E-state index >= 15 is 0 Å². The lowest BCUT2D eigenvalue weighted by Crippen LogP contribution is -2.27. The molecule has 0 fully saturated rings. The van der Waals surface area contributed by atoms with Gasteiger partial charge in [0, 0.05) is 45.6 Å². The monoisotopic (exact) mass is 378 g/mol. The number of benzene rings is 2. The molecule has 0 heterocycles. The molecule has 0 atom stereocenters. The van der Waals surface area contributed by atoms with Crippen molar-refractivity contribution in [1.29, 1.82) is 0 Å². The Bertz CT molecular complexity index is 791. The highest BCUT2D eigenvalue weighted by Crippen LogP contribution is 2.28. The molecule has 7 heteroatoms. The molecule has 6 nitrogen and oxygen atoms in total. The average Bonchev–Trinajstić information content (AvgIpc) is 2.66. The molecular weight excluding hydrogens is 352 g/mol. The Morgan fingerprint density at radius 2 is 1.62 bits per heavy atom. The Kier molecular flexibility index (Phi) is 7.59. The zero-order chi connectivity index (χ0) is 19.0. The maximum atomic E-state index is 12.6. The largest absolute Gasteiger partial charge is 0.383 e. The number of methoxy groups -OCH3 is 2. The summed E-state index contributed by atoms with van der Waals surface area (Å²) in [5.74, 6) is 0. The van der Waals surface area contributed by atoms with Crippen LogP contribution in [0.3, 0.4) is 0 Å². The quantitative estimate of drug-likeness (QED) is 0.643. The van der Waals surface area contributed by atoms with Gasteiger partial charge < -0.3 is 14.4 Å². The average molecular weight is 378 g/mol. The Morgan fingerprint density at radius 3 is 2.27 bits per heavy atom. The second-order valence-corrected chi connectivity index (χ2v) is 7.58. The van der Waals surface area contributed by atoms with E-state index in [1.54, 1.807) is 19.2 Å². The molecule has 0 unspecified atom stereocenters. The fourth-order valence-corrected chi connectivity index (χ4v) is 3.79. The van der Waals surface area contributed by atoms with Crippen LogP contribution >= 0.6 is 0 Å². The molecule has 0 spiro atoms. The minimum Gasteiger partial charge on any atom is -0.383 e. The third kappa shape index (κ3) is 5.28. The van der Waals surface area contributed by atoms with E-state index in [-0.39, 0.29) is 11.4 Å². The molecule has 1 N–H and O–H groups in total. The van der Waals surface area contributed by atoms with Gasteiger partial charge in [-0.15, -0.1) is 0 Å². The summed E-state index contributed by atoms with van der Waals surface area (Å²) in [4.78, 5) is 2.35. The fraction of sp³-hybridized carbons (Fsp3) is 0.368. The summed E-state index contributed by atoms with van der Waals surface area (Å²) in [6.45, 7) is 1.98. The molecule has 142 valence electrons. The van der Waals surface area contributed by atoms with Gasteiger partial charge in [0.2, 0.25) is 10.0 Å². The van der Waals surface area contributed by atoms with E-state index in [0.717, 1.165) is 17.8 Å². The molecule has 0 aliphatic carbocycles. The van der Waals surface area contributed by atoms with Gasteiger partial charge in [0.15, 0.2) is 0 Å². The molecule has 0 aromatic heterocycles. The van der Waals surface area contributed by atoms with Crippen molar-refractivity contribution in [3.05, 3.63) is 48.5 Å². The summed E-state index contributed by atoms with van der Waals surface area (Å²) >= 11 is 0. The van der Waals surface area contributed by atoms with Crippen LogP contribution in [-0.2, 0) is 19.5 Å². The second kappa shape index (κ2) is 9.68. The van der Waals surface area contributed by atoms with Crippen molar-refractivity contribution in [3.8, 4) is 11.1 Å². The minimum absolute atomic E-state index is 0.233. The molecule has 2 aromatic carbocycles. The first-order valence-corrected chi connectivity index (χ1v) is 9.86. The van der Waals surface area contributed by atoms with Crippen molar-refractivity contribution in [3.63, 3.8) is 0 Å². The van der Waals surface area contributed by atoms with Crippen LogP contribution in [0.1, 0.15) is 0 Å². The van der Waals surface area contributed by atoms with Crippen molar-refractivity contribution < 1.29 is 17.9 Å². The van der Waals surface area contributed by atoms with Crippen LogP contribution in [0.2, 0.25) is 0 Å². The lowest BCUT2D eigenvalue weighted by molar-refractivity contribution is 0.204. The maximum absolute atomic E-state index is 12.6. The molecule has 0 saturated heterocycles. The first-order chi connectivity index (χ1) is 12.5. The van der Waals surface area contributed by atoms with E-state index in [0.29, 0.717) is 18.8 Å². The van der Waals surface area contributed by atoms with Gasteiger partial charge in [-0.25, -0.2) is 13.1 Å². The number of hydrogen-bond donors (Lipinski definition) is 1. The summed E-state index contributed by atoms with van der Waals surface area (Å²) in [5, 5.41) is 0. The Balaban J connectivity index is 2.27. The topological polar surface area (TPSA) is 67.9 Å². The first-order valence-electron chi connectivity index (χ1n) is 8.37. The zero-order valence-corrected chi connectivity index (χ0v) is 16.3. The normalized spacial score (nSPS) is 11.5. The molecular formula is C19H26N2O4S.